The molecule has 0 N–H and O–H groups in total. The SMILES string of the molecule is CCc1cccc(-c2coc(C=C3C=Cc4ccccc4N3CC)n2)c1. The van der Waals surface area contributed by atoms with E-state index < -0.39 is 0 Å². The third kappa shape index (κ3) is 3.08. The molecule has 130 valence electrons. The van der Waals surface area contributed by atoms with Crippen LogP contribution in [0.4, 0.5) is 5.69 Å². The van der Waals surface area contributed by atoms with Crippen molar-refractivity contribution < 1.29 is 4.42 Å². The Morgan fingerprint density at radius 3 is 2.77 bits per heavy atom. The van der Waals surface area contributed by atoms with Crippen LogP contribution in [0.2, 0.25) is 0 Å². The maximum absolute atomic E-state index is 5.73. The van der Waals surface area contributed by atoms with Crippen molar-refractivity contribution in [1.82, 2.24) is 4.98 Å². The molecule has 0 saturated carbocycles. The minimum atomic E-state index is 0.624. The summed E-state index contributed by atoms with van der Waals surface area (Å²) in [5.74, 6) is 0.624. The quantitative estimate of drug-likeness (QED) is 0.600. The molecule has 0 spiro atoms. The highest BCUT2D eigenvalue weighted by Gasteiger charge is 2.16. The summed E-state index contributed by atoms with van der Waals surface area (Å²) in [6, 6.07) is 16.9. The van der Waals surface area contributed by atoms with Crippen molar-refractivity contribution in [2.45, 2.75) is 20.3 Å². The van der Waals surface area contributed by atoms with Gasteiger partial charge in [0.05, 0.1) is 0 Å². The van der Waals surface area contributed by atoms with Gasteiger partial charge in [0.2, 0.25) is 5.89 Å². The molecule has 3 heteroatoms. The van der Waals surface area contributed by atoms with Gasteiger partial charge in [-0.05, 0) is 42.7 Å². The van der Waals surface area contributed by atoms with E-state index in [0.29, 0.717) is 5.89 Å². The molecule has 0 saturated heterocycles. The first kappa shape index (κ1) is 16.4. The predicted octanol–water partition coefficient (Wildman–Crippen LogP) is 5.80. The molecule has 1 aliphatic rings. The molecule has 2 heterocycles. The van der Waals surface area contributed by atoms with Gasteiger partial charge in [0.1, 0.15) is 12.0 Å². The zero-order chi connectivity index (χ0) is 17.9. The second kappa shape index (κ2) is 7.04. The van der Waals surface area contributed by atoms with Gasteiger partial charge in [0.15, 0.2) is 0 Å². The second-order valence-corrected chi connectivity index (χ2v) is 6.33. The molecule has 4 rings (SSSR count). The zero-order valence-electron chi connectivity index (χ0n) is 15.1. The normalized spacial score (nSPS) is 14.7. The molecule has 0 radical (unpaired) electrons. The van der Waals surface area contributed by atoms with Crippen LogP contribution in [0.25, 0.3) is 23.4 Å². The van der Waals surface area contributed by atoms with Gasteiger partial charge in [-0.15, -0.1) is 0 Å². The summed E-state index contributed by atoms with van der Waals surface area (Å²) in [4.78, 5) is 6.95. The number of hydrogen-bond acceptors (Lipinski definition) is 3. The van der Waals surface area contributed by atoms with Crippen molar-refractivity contribution in [2.24, 2.45) is 0 Å². The number of likely N-dealkylation sites (N-methyl/N-ethyl adjacent to an activating group) is 1. The van der Waals surface area contributed by atoms with Crippen molar-refractivity contribution in [3.63, 3.8) is 0 Å². The summed E-state index contributed by atoms with van der Waals surface area (Å²) in [6.45, 7) is 5.20. The number of allylic oxidation sites excluding steroid dienone is 1. The Hall–Kier alpha value is -3.07. The van der Waals surface area contributed by atoms with E-state index in [-0.39, 0.29) is 0 Å². The number of para-hydroxylation sites is 1. The van der Waals surface area contributed by atoms with Gasteiger partial charge in [-0.2, -0.15) is 0 Å². The van der Waals surface area contributed by atoms with Crippen molar-refractivity contribution in [3.05, 3.63) is 83.6 Å². The number of rotatable bonds is 4. The summed E-state index contributed by atoms with van der Waals surface area (Å²) >= 11 is 0. The van der Waals surface area contributed by atoms with Gasteiger partial charge >= 0.3 is 0 Å². The van der Waals surface area contributed by atoms with Gasteiger partial charge in [-0.1, -0.05) is 49.4 Å². The lowest BCUT2D eigenvalue weighted by Gasteiger charge is -2.29. The number of nitrogens with zero attached hydrogens (tertiary/aromatic N) is 2. The van der Waals surface area contributed by atoms with Crippen molar-refractivity contribution >= 4 is 17.8 Å². The second-order valence-electron chi connectivity index (χ2n) is 6.33. The van der Waals surface area contributed by atoms with Crippen LogP contribution in [-0.2, 0) is 6.42 Å². The molecular formula is C23H22N2O. The Balaban J connectivity index is 1.66. The highest BCUT2D eigenvalue weighted by molar-refractivity contribution is 5.79. The molecule has 0 unspecified atom stereocenters. The minimum Gasteiger partial charge on any atom is -0.444 e. The van der Waals surface area contributed by atoms with Crippen LogP contribution in [-0.4, -0.2) is 11.5 Å². The summed E-state index contributed by atoms with van der Waals surface area (Å²) in [5.41, 5.74) is 6.79. The van der Waals surface area contributed by atoms with Crippen molar-refractivity contribution in [3.8, 4) is 11.3 Å². The van der Waals surface area contributed by atoms with E-state index in [1.807, 2.05) is 6.08 Å². The monoisotopic (exact) mass is 342 g/mol. The number of aromatic nitrogens is 1. The van der Waals surface area contributed by atoms with Crippen LogP contribution in [0, 0.1) is 0 Å². The Bertz CT molecular complexity index is 981. The molecule has 1 aromatic heterocycles. The number of hydrogen-bond donors (Lipinski definition) is 0. The molecule has 0 bridgehead atoms. The molecule has 0 atom stereocenters. The van der Waals surface area contributed by atoms with Crippen LogP contribution in [0.1, 0.15) is 30.9 Å². The van der Waals surface area contributed by atoms with E-state index in [1.165, 1.54) is 16.8 Å². The van der Waals surface area contributed by atoms with Gasteiger partial charge in [0, 0.05) is 29.6 Å². The fourth-order valence-electron chi connectivity index (χ4n) is 3.32. The number of anilines is 1. The van der Waals surface area contributed by atoms with E-state index in [4.69, 9.17) is 4.42 Å². The van der Waals surface area contributed by atoms with Crippen LogP contribution in [0.15, 0.2) is 71.0 Å². The minimum absolute atomic E-state index is 0.624. The first-order valence-electron chi connectivity index (χ1n) is 9.09. The Morgan fingerprint density at radius 2 is 1.92 bits per heavy atom. The summed E-state index contributed by atoms with van der Waals surface area (Å²) in [6.07, 6.45) is 9.01. The predicted molar refractivity (Wildman–Crippen MR) is 108 cm³/mol. The molecule has 26 heavy (non-hydrogen) atoms. The Kier molecular flexibility index (Phi) is 4.44. The van der Waals surface area contributed by atoms with E-state index in [2.05, 4.69) is 84.4 Å². The lowest BCUT2D eigenvalue weighted by molar-refractivity contribution is 0.546. The lowest BCUT2D eigenvalue weighted by atomic mass is 10.1. The first-order valence-corrected chi connectivity index (χ1v) is 9.09. The average Bonchev–Trinajstić information content (AvgIpc) is 3.16. The zero-order valence-corrected chi connectivity index (χ0v) is 15.1. The third-order valence-corrected chi connectivity index (χ3v) is 4.71. The topological polar surface area (TPSA) is 29.3 Å². The molecule has 2 aromatic carbocycles. The first-order chi connectivity index (χ1) is 12.8. The number of fused-ring (bicyclic) bond motifs is 1. The molecule has 3 nitrogen and oxygen atoms in total. The van der Waals surface area contributed by atoms with Crippen molar-refractivity contribution in [1.29, 1.82) is 0 Å². The maximum atomic E-state index is 5.73. The third-order valence-electron chi connectivity index (χ3n) is 4.71. The highest BCUT2D eigenvalue weighted by Crippen LogP contribution is 2.31. The van der Waals surface area contributed by atoms with Gasteiger partial charge in [-0.25, -0.2) is 4.98 Å². The standard InChI is InChI=1S/C23H22N2O/c1-3-17-8-7-10-19(14-17)21-16-26-23(24-21)15-20-13-12-18-9-5-6-11-22(18)25(20)4-2/h5-16H,3-4H2,1-2H3. The Morgan fingerprint density at radius 1 is 1.04 bits per heavy atom. The number of benzene rings is 2. The van der Waals surface area contributed by atoms with E-state index in [1.54, 1.807) is 6.26 Å². The van der Waals surface area contributed by atoms with Crippen LogP contribution < -0.4 is 4.90 Å². The number of oxazole rings is 1. The molecule has 3 aromatic rings. The van der Waals surface area contributed by atoms with Crippen LogP contribution >= 0.6 is 0 Å². The van der Waals surface area contributed by atoms with Crippen LogP contribution in [0.5, 0.6) is 0 Å². The van der Waals surface area contributed by atoms with Crippen LogP contribution in [0.3, 0.4) is 0 Å². The average molecular weight is 342 g/mol. The Labute approximate surface area is 154 Å². The van der Waals surface area contributed by atoms with Crippen molar-refractivity contribution in [2.75, 3.05) is 11.4 Å². The number of aryl methyl sites for hydroxylation is 1. The fraction of sp³-hybridized carbons (Fsp3) is 0.174. The maximum Gasteiger partial charge on any atom is 0.221 e. The molecule has 0 aliphatic carbocycles. The van der Waals surface area contributed by atoms with Gasteiger partial charge in [-0.3, -0.25) is 0 Å². The van der Waals surface area contributed by atoms with E-state index in [0.717, 1.165) is 29.9 Å². The molecule has 0 amide bonds. The molecule has 1 aliphatic heterocycles. The smallest absolute Gasteiger partial charge is 0.221 e. The van der Waals surface area contributed by atoms with Gasteiger partial charge < -0.3 is 9.32 Å². The highest BCUT2D eigenvalue weighted by atomic mass is 16.3. The fourth-order valence-corrected chi connectivity index (χ4v) is 3.32. The summed E-state index contributed by atoms with van der Waals surface area (Å²) < 4.78 is 5.73. The summed E-state index contributed by atoms with van der Waals surface area (Å²) in [7, 11) is 0. The molecular weight excluding hydrogens is 320 g/mol. The summed E-state index contributed by atoms with van der Waals surface area (Å²) in [5, 5.41) is 0. The van der Waals surface area contributed by atoms with Gasteiger partial charge in [0.25, 0.3) is 0 Å². The molecule has 0 fully saturated rings. The van der Waals surface area contributed by atoms with E-state index in [9.17, 15) is 0 Å². The lowest BCUT2D eigenvalue weighted by Crippen LogP contribution is -2.23. The largest absolute Gasteiger partial charge is 0.444 e. The van der Waals surface area contributed by atoms with E-state index >= 15 is 0 Å².